The Balaban J connectivity index is 1.58. The van der Waals surface area contributed by atoms with Gasteiger partial charge in [0.1, 0.15) is 23.3 Å². The highest BCUT2D eigenvalue weighted by molar-refractivity contribution is 7.15. The summed E-state index contributed by atoms with van der Waals surface area (Å²) in [6, 6.07) is 9.00. The zero-order valence-electron chi connectivity index (χ0n) is 19.6. The van der Waals surface area contributed by atoms with Gasteiger partial charge in [0.2, 0.25) is 5.91 Å². The minimum absolute atomic E-state index is 0.0283. The fourth-order valence-electron chi connectivity index (χ4n) is 3.28. The van der Waals surface area contributed by atoms with Crippen LogP contribution in [-0.4, -0.2) is 57.8 Å². The molecule has 1 atom stereocenters. The van der Waals surface area contributed by atoms with Crippen LogP contribution in [0.25, 0.3) is 0 Å². The van der Waals surface area contributed by atoms with Gasteiger partial charge in [0.25, 0.3) is 5.91 Å². The first kappa shape index (κ1) is 26.4. The minimum atomic E-state index is -0.893. The summed E-state index contributed by atoms with van der Waals surface area (Å²) in [6.07, 6.45) is 0.0711. The van der Waals surface area contributed by atoms with Crippen molar-refractivity contribution in [3.05, 3.63) is 64.2 Å². The van der Waals surface area contributed by atoms with Gasteiger partial charge in [0.05, 0.1) is 19.2 Å². The highest BCUT2D eigenvalue weighted by atomic mass is 32.1. The highest BCUT2D eigenvalue weighted by Crippen LogP contribution is 2.23. The van der Waals surface area contributed by atoms with E-state index in [4.69, 9.17) is 4.74 Å². The summed E-state index contributed by atoms with van der Waals surface area (Å²) in [5.41, 5.74) is 1.34. The molecule has 0 spiro atoms. The SMILES string of the molecule is COC(=O)C(CNC(=O)c1cc(O)cc(O)c1)NCc1sc(NC(=O)Cc2cccc(O)c2)nc1C. The summed E-state index contributed by atoms with van der Waals surface area (Å²) in [4.78, 5) is 42.0. The number of esters is 1. The number of carbonyl (C=O) groups is 3. The molecule has 36 heavy (non-hydrogen) atoms. The van der Waals surface area contributed by atoms with E-state index in [0.29, 0.717) is 16.4 Å². The number of hydrogen-bond donors (Lipinski definition) is 6. The maximum Gasteiger partial charge on any atom is 0.324 e. The van der Waals surface area contributed by atoms with Crippen LogP contribution in [0.5, 0.6) is 17.2 Å². The summed E-state index contributed by atoms with van der Waals surface area (Å²) < 4.78 is 4.81. The van der Waals surface area contributed by atoms with Gasteiger partial charge in [-0.25, -0.2) is 4.98 Å². The molecule has 1 heterocycles. The molecule has 0 saturated heterocycles. The first-order valence-corrected chi connectivity index (χ1v) is 11.6. The second-order valence-electron chi connectivity index (χ2n) is 7.83. The Hall–Kier alpha value is -4.16. The van der Waals surface area contributed by atoms with Crippen molar-refractivity contribution in [2.75, 3.05) is 19.0 Å². The molecule has 0 bridgehead atoms. The molecule has 6 N–H and O–H groups in total. The lowest BCUT2D eigenvalue weighted by Gasteiger charge is -2.17. The van der Waals surface area contributed by atoms with E-state index in [2.05, 4.69) is 20.9 Å². The average molecular weight is 515 g/mol. The number of ether oxygens (including phenoxy) is 1. The van der Waals surface area contributed by atoms with Crippen molar-refractivity contribution >= 4 is 34.3 Å². The van der Waals surface area contributed by atoms with Gasteiger partial charge in [-0.05, 0) is 36.8 Å². The number of methoxy groups -OCH3 is 1. The predicted molar refractivity (Wildman–Crippen MR) is 132 cm³/mol. The number of thiazole rings is 1. The van der Waals surface area contributed by atoms with Gasteiger partial charge in [0, 0.05) is 29.6 Å². The number of anilines is 1. The van der Waals surface area contributed by atoms with Gasteiger partial charge >= 0.3 is 5.97 Å². The van der Waals surface area contributed by atoms with Gasteiger partial charge < -0.3 is 30.7 Å². The Morgan fingerprint density at radius 2 is 1.78 bits per heavy atom. The zero-order valence-corrected chi connectivity index (χ0v) is 20.4. The summed E-state index contributed by atoms with van der Waals surface area (Å²) in [5.74, 6) is -1.95. The lowest BCUT2D eigenvalue weighted by Crippen LogP contribution is -2.46. The summed E-state index contributed by atoms with van der Waals surface area (Å²) in [7, 11) is 1.23. The third-order valence-electron chi connectivity index (χ3n) is 5.04. The normalized spacial score (nSPS) is 11.5. The third-order valence-corrected chi connectivity index (χ3v) is 6.11. The average Bonchev–Trinajstić information content (AvgIpc) is 3.16. The van der Waals surface area contributed by atoms with Crippen LogP contribution >= 0.6 is 11.3 Å². The van der Waals surface area contributed by atoms with E-state index in [1.54, 1.807) is 19.1 Å². The topological polar surface area (TPSA) is 170 Å². The van der Waals surface area contributed by atoms with Crippen molar-refractivity contribution in [1.29, 1.82) is 0 Å². The van der Waals surface area contributed by atoms with Gasteiger partial charge in [-0.15, -0.1) is 11.3 Å². The molecule has 1 unspecified atom stereocenters. The summed E-state index contributed by atoms with van der Waals surface area (Å²) >= 11 is 1.24. The van der Waals surface area contributed by atoms with Gasteiger partial charge in [0.15, 0.2) is 5.13 Å². The summed E-state index contributed by atoms with van der Waals surface area (Å²) in [5, 5.41) is 37.4. The number of phenols is 3. The predicted octanol–water partition coefficient (Wildman–Crippen LogP) is 1.81. The van der Waals surface area contributed by atoms with Crippen molar-refractivity contribution in [2.45, 2.75) is 25.9 Å². The number of hydrogen-bond acceptors (Lipinski definition) is 10. The van der Waals surface area contributed by atoms with Crippen LogP contribution in [0.4, 0.5) is 5.13 Å². The Bertz CT molecular complexity index is 1240. The maximum atomic E-state index is 12.4. The molecule has 0 aliphatic carbocycles. The molecule has 0 aliphatic heterocycles. The number of nitrogens with one attached hydrogen (secondary N) is 3. The van der Waals surface area contributed by atoms with Gasteiger partial charge in [-0.2, -0.15) is 0 Å². The van der Waals surface area contributed by atoms with E-state index in [-0.39, 0.29) is 48.2 Å². The molecule has 2 amide bonds. The van der Waals surface area contributed by atoms with Crippen molar-refractivity contribution < 1.29 is 34.4 Å². The Morgan fingerprint density at radius 3 is 2.44 bits per heavy atom. The molecule has 0 aliphatic rings. The third kappa shape index (κ3) is 7.42. The number of aromatic hydroxyl groups is 3. The van der Waals surface area contributed by atoms with E-state index in [1.165, 1.54) is 42.7 Å². The minimum Gasteiger partial charge on any atom is -0.508 e. The number of amides is 2. The molecule has 12 heteroatoms. The number of aryl methyl sites for hydroxylation is 1. The van der Waals surface area contributed by atoms with Crippen LogP contribution in [-0.2, 0) is 27.3 Å². The maximum absolute atomic E-state index is 12.4. The van der Waals surface area contributed by atoms with Crippen LogP contribution in [0.2, 0.25) is 0 Å². The van der Waals surface area contributed by atoms with Crippen molar-refractivity contribution in [1.82, 2.24) is 15.6 Å². The van der Waals surface area contributed by atoms with Gasteiger partial charge in [-0.3, -0.25) is 19.7 Å². The number of rotatable bonds is 10. The van der Waals surface area contributed by atoms with Crippen molar-refractivity contribution in [3.8, 4) is 17.2 Å². The molecule has 3 rings (SSSR count). The van der Waals surface area contributed by atoms with Crippen LogP contribution in [0, 0.1) is 6.92 Å². The van der Waals surface area contributed by atoms with Crippen molar-refractivity contribution in [3.63, 3.8) is 0 Å². The second kappa shape index (κ2) is 12.0. The molecule has 3 aromatic rings. The molecule has 0 saturated carbocycles. The number of nitrogens with zero attached hydrogens (tertiary/aromatic N) is 1. The number of aromatic nitrogens is 1. The standard InChI is InChI=1S/C24H26N4O7S/c1-13-20(36-24(27-13)28-21(32)7-14-4-3-5-16(29)6-14)12-25-19(23(34)35-2)11-26-22(33)15-8-17(30)10-18(31)9-15/h3-6,8-10,19,25,29-31H,7,11-12H2,1-2H3,(H,26,33)(H,27,28,32). The van der Waals surface area contributed by atoms with Crippen LogP contribution < -0.4 is 16.0 Å². The Kier molecular flexibility index (Phi) is 8.81. The Labute approximate surface area is 210 Å². The van der Waals surface area contributed by atoms with Crippen LogP contribution in [0.15, 0.2) is 42.5 Å². The fourth-order valence-corrected chi connectivity index (χ4v) is 4.21. The van der Waals surface area contributed by atoms with Crippen LogP contribution in [0.1, 0.15) is 26.5 Å². The van der Waals surface area contributed by atoms with Crippen molar-refractivity contribution in [2.24, 2.45) is 0 Å². The molecular weight excluding hydrogens is 488 g/mol. The molecule has 1 aromatic heterocycles. The monoisotopic (exact) mass is 514 g/mol. The fraction of sp³-hybridized carbons (Fsp3) is 0.250. The lowest BCUT2D eigenvalue weighted by atomic mass is 10.1. The van der Waals surface area contributed by atoms with Gasteiger partial charge in [-0.1, -0.05) is 12.1 Å². The molecule has 0 fully saturated rings. The highest BCUT2D eigenvalue weighted by Gasteiger charge is 2.21. The molecule has 2 aromatic carbocycles. The summed E-state index contributed by atoms with van der Waals surface area (Å²) in [6.45, 7) is 1.86. The van der Waals surface area contributed by atoms with E-state index >= 15 is 0 Å². The first-order chi connectivity index (χ1) is 17.1. The lowest BCUT2D eigenvalue weighted by molar-refractivity contribution is -0.143. The quantitative estimate of drug-likeness (QED) is 0.221. The first-order valence-electron chi connectivity index (χ1n) is 10.8. The Morgan fingerprint density at radius 1 is 1.06 bits per heavy atom. The van der Waals surface area contributed by atoms with E-state index in [1.807, 2.05) is 0 Å². The molecule has 190 valence electrons. The molecular formula is C24H26N4O7S. The van der Waals surface area contributed by atoms with E-state index < -0.39 is 17.9 Å². The number of benzene rings is 2. The number of phenolic OH excluding ortho intramolecular Hbond substituents is 3. The molecule has 0 radical (unpaired) electrons. The zero-order chi connectivity index (χ0) is 26.2. The number of carbonyl (C=O) groups excluding carboxylic acids is 3. The molecule has 11 nitrogen and oxygen atoms in total. The second-order valence-corrected chi connectivity index (χ2v) is 8.91. The van der Waals surface area contributed by atoms with E-state index in [0.717, 1.165) is 10.9 Å². The van der Waals surface area contributed by atoms with Crippen LogP contribution in [0.3, 0.4) is 0 Å². The van der Waals surface area contributed by atoms with E-state index in [9.17, 15) is 29.7 Å². The smallest absolute Gasteiger partial charge is 0.324 e. The largest absolute Gasteiger partial charge is 0.508 e.